The smallest absolute Gasteiger partial charge is 0.398 e. The summed E-state index contributed by atoms with van der Waals surface area (Å²) in [5, 5.41) is 8.65. The van der Waals surface area contributed by atoms with E-state index in [1.165, 1.54) is 75.8 Å². The number of nitrogens with zero attached hydrogens (tertiary/aromatic N) is 2. The van der Waals surface area contributed by atoms with Gasteiger partial charge in [-0.1, -0.05) is 79.3 Å². The second-order valence-corrected chi connectivity index (χ2v) is 11.3. The molecule has 0 saturated carbocycles. The van der Waals surface area contributed by atoms with Crippen molar-refractivity contribution in [1.29, 1.82) is 0 Å². The minimum atomic E-state index is -0.507. The largest absolute Gasteiger partial charge is 2.00 e. The molecule has 2 rings (SSSR count). The van der Waals surface area contributed by atoms with Gasteiger partial charge in [-0.05, 0) is 75.2 Å². The van der Waals surface area contributed by atoms with Crippen molar-refractivity contribution in [2.45, 2.75) is 87.5 Å². The summed E-state index contributed by atoms with van der Waals surface area (Å²) in [6.45, 7) is 27.7. The molecule has 2 radical (unpaired) electrons. The predicted octanol–water partition coefficient (Wildman–Crippen LogP) is 8.59. The van der Waals surface area contributed by atoms with Gasteiger partial charge >= 0.3 is 31.1 Å². The third-order valence-corrected chi connectivity index (χ3v) is 7.01. The van der Waals surface area contributed by atoms with Gasteiger partial charge in [0.25, 0.3) is 0 Å². The molecule has 274 valence electrons. The Hall–Kier alpha value is -2.18. The van der Waals surface area contributed by atoms with Crippen LogP contribution in [0.15, 0.2) is 54.1 Å². The van der Waals surface area contributed by atoms with Gasteiger partial charge in [0.15, 0.2) is 0 Å². The fraction of sp³-hybridized carbons (Fsp3) is 0.514. The molecule has 0 aliphatic carbocycles. The van der Waals surface area contributed by atoms with Crippen LogP contribution in [0.5, 0.6) is 0 Å². The van der Waals surface area contributed by atoms with Gasteiger partial charge in [-0.2, -0.15) is 14.3 Å². The quantitative estimate of drug-likeness (QED) is 0.0496. The van der Waals surface area contributed by atoms with Crippen LogP contribution in [0.1, 0.15) is 93.1 Å². The minimum Gasteiger partial charge on any atom is -0.398 e. The van der Waals surface area contributed by atoms with Crippen molar-refractivity contribution < 1.29 is 40.3 Å². The number of pyridine rings is 1. The number of nitrogens with one attached hydrogen (secondary N) is 3. The maximum Gasteiger partial charge on any atom is 2.00 e. The van der Waals surface area contributed by atoms with Crippen molar-refractivity contribution in [3.05, 3.63) is 84.3 Å². The molecule has 0 fully saturated rings. The third kappa shape index (κ3) is 27.2. The van der Waals surface area contributed by atoms with Gasteiger partial charge in [-0.3, -0.25) is 4.79 Å². The topological polar surface area (TPSA) is 121 Å². The molecule has 8 nitrogen and oxygen atoms in total. The van der Waals surface area contributed by atoms with Crippen LogP contribution >= 0.6 is 11.6 Å². The molecule has 1 heterocycles. The van der Waals surface area contributed by atoms with Crippen LogP contribution < -0.4 is 27.4 Å². The monoisotopic (exact) mass is 926 g/mol. The molecule has 0 bridgehead atoms. The number of anilines is 2. The minimum absolute atomic E-state index is 0. The normalized spacial score (nSPS) is 11.3. The molecule has 0 aliphatic heterocycles. The number of hydrogen-bond donors (Lipinski definition) is 5. The summed E-state index contributed by atoms with van der Waals surface area (Å²) < 4.78 is 14.0. The van der Waals surface area contributed by atoms with E-state index >= 15 is 0 Å². The van der Waals surface area contributed by atoms with Crippen LogP contribution in [-0.4, -0.2) is 50.8 Å². The molecule has 2 aromatic rings. The maximum absolute atomic E-state index is 14.0. The van der Waals surface area contributed by atoms with E-state index in [9.17, 15) is 9.18 Å². The van der Waals surface area contributed by atoms with Crippen molar-refractivity contribution >= 4 is 43.1 Å². The number of halogens is 2. The van der Waals surface area contributed by atoms with Gasteiger partial charge in [0.1, 0.15) is 17.5 Å². The summed E-state index contributed by atoms with van der Waals surface area (Å²) in [5.74, 6) is 1.81. The van der Waals surface area contributed by atoms with Crippen molar-refractivity contribution in [2.75, 3.05) is 37.3 Å². The molecule has 0 saturated heterocycles. The van der Waals surface area contributed by atoms with Gasteiger partial charge in [-0.25, -0.2) is 9.37 Å². The van der Waals surface area contributed by atoms with E-state index in [0.717, 1.165) is 18.3 Å². The Balaban J connectivity index is -0.000000369. The first-order chi connectivity index (χ1) is 22.9. The number of allylic oxidation sites excluding steroid dienone is 1. The number of nitrogens with two attached hydrogens (primary N) is 2. The summed E-state index contributed by atoms with van der Waals surface area (Å²) in [5.41, 5.74) is 13.2. The first-order valence-corrected chi connectivity index (χ1v) is 17.3. The standard InChI is InChI=1S/C17H18ClFN6O.C12H27N.C5H11.C2H6.CH2B.U/c1-22-17(21)15(25-11-4-5-23-16(7-11)24-9-26)8-14(20)12-6-10(18)2-3-13(12)19;1-5-10-13(7-3)11-8-9-12(4)6-2;1-4-5(2)3;2*1-2;/h2-9,22H,20-21H2,1H3,(H2,23,24,25,26);12H,5-11H2,1-4H3;5H,1,4H2,2-3H3;1-2H3;1H2;/q;;-1;;-1;+2/b14-8-,17-15-;;;;;. The van der Waals surface area contributed by atoms with Crippen molar-refractivity contribution in [3.63, 3.8) is 0 Å². The number of rotatable bonds is 16. The molecule has 1 unspecified atom stereocenters. The van der Waals surface area contributed by atoms with Crippen LogP contribution in [0.3, 0.4) is 0 Å². The molecule has 12 heteroatoms. The van der Waals surface area contributed by atoms with Gasteiger partial charge in [0.05, 0.1) is 5.70 Å². The molecular weight excluding hydrogens is 862 g/mol. The van der Waals surface area contributed by atoms with Crippen LogP contribution in [-0.2, 0) is 4.79 Å². The van der Waals surface area contributed by atoms with E-state index in [-0.39, 0.29) is 48.2 Å². The van der Waals surface area contributed by atoms with E-state index in [1.807, 2.05) is 13.8 Å². The first kappa shape index (κ1) is 53.6. The molecule has 1 atom stereocenters. The first-order valence-electron chi connectivity index (χ1n) is 16.9. The van der Waals surface area contributed by atoms with Gasteiger partial charge in [0, 0.05) is 41.3 Å². The van der Waals surface area contributed by atoms with E-state index in [2.05, 4.69) is 89.0 Å². The molecule has 1 amide bonds. The Morgan fingerprint density at radius 1 is 1.10 bits per heavy atom. The number of aromatic nitrogens is 1. The Morgan fingerprint density at radius 3 is 2.20 bits per heavy atom. The molecule has 0 aliphatic rings. The Bertz CT molecular complexity index is 1160. The predicted molar refractivity (Wildman–Crippen MR) is 210 cm³/mol. The van der Waals surface area contributed by atoms with E-state index < -0.39 is 5.82 Å². The van der Waals surface area contributed by atoms with Gasteiger partial charge in [0.2, 0.25) is 6.41 Å². The van der Waals surface area contributed by atoms with Crippen LogP contribution in [0.4, 0.5) is 15.9 Å². The average Bonchev–Trinajstić information content (AvgIpc) is 3.10. The van der Waals surface area contributed by atoms with Gasteiger partial charge < -0.3 is 46.1 Å². The fourth-order valence-electron chi connectivity index (χ4n) is 3.68. The Labute approximate surface area is 329 Å². The number of carbonyl (C=O) groups is 1. The Kier molecular flexibility index (Phi) is 39.0. The summed E-state index contributed by atoms with van der Waals surface area (Å²) in [6.07, 6.45) is 9.96. The van der Waals surface area contributed by atoms with Crippen LogP contribution in [0.25, 0.3) is 5.70 Å². The Morgan fingerprint density at radius 2 is 1.71 bits per heavy atom. The summed E-state index contributed by atoms with van der Waals surface area (Å²) in [4.78, 5) is 17.1. The van der Waals surface area contributed by atoms with Crippen LogP contribution in [0, 0.1) is 62.5 Å². The molecular formula is C37H64BClFN7OU. The number of benzene rings is 1. The zero-order valence-electron chi connectivity index (χ0n) is 31.6. The zero-order valence-corrected chi connectivity index (χ0v) is 36.6. The number of amides is 1. The van der Waals surface area contributed by atoms with E-state index in [0.29, 0.717) is 28.6 Å². The van der Waals surface area contributed by atoms with Gasteiger partial charge in [-0.15, -0.1) is 0 Å². The maximum atomic E-state index is 14.0. The second-order valence-electron chi connectivity index (χ2n) is 10.9. The second kappa shape index (κ2) is 35.6. The van der Waals surface area contributed by atoms with E-state index in [4.69, 9.17) is 23.1 Å². The molecule has 7 N–H and O–H groups in total. The van der Waals surface area contributed by atoms with Crippen molar-refractivity contribution in [3.8, 4) is 0 Å². The van der Waals surface area contributed by atoms with E-state index in [1.54, 1.807) is 19.2 Å². The zero-order chi connectivity index (χ0) is 37.5. The average molecular weight is 926 g/mol. The third-order valence-electron chi connectivity index (χ3n) is 6.78. The molecule has 49 heavy (non-hydrogen) atoms. The molecule has 1 aromatic heterocycles. The SMILES string of the molecule is CC.CCCN(CC)CCCC(C)CC.CN/C(N)=C(/C=C(\N)c1cc(Cl)ccc1F)Nc1ccnc(NC=O)c1.[B][CH2-].[CH2-]CC(C)C.[U+2]. The van der Waals surface area contributed by atoms with Crippen molar-refractivity contribution in [1.82, 2.24) is 15.2 Å². The van der Waals surface area contributed by atoms with Crippen LogP contribution in [0.2, 0.25) is 5.02 Å². The van der Waals surface area contributed by atoms with Crippen molar-refractivity contribution in [2.24, 2.45) is 23.3 Å². The fourth-order valence-corrected chi connectivity index (χ4v) is 3.85. The summed E-state index contributed by atoms with van der Waals surface area (Å²) >= 11 is 5.91. The summed E-state index contributed by atoms with van der Waals surface area (Å²) in [7, 11) is 5.88. The molecule has 1 aromatic carbocycles. The summed E-state index contributed by atoms with van der Waals surface area (Å²) in [6, 6.07) is 7.36. The number of hydrogen-bond acceptors (Lipinski definition) is 7. The molecule has 0 spiro atoms. The number of carbonyl (C=O) groups excluding carboxylic acids is 1.